The summed E-state index contributed by atoms with van der Waals surface area (Å²) in [6, 6.07) is 12.4. The van der Waals surface area contributed by atoms with Crippen LogP contribution in [-0.4, -0.2) is 356 Å². The summed E-state index contributed by atoms with van der Waals surface area (Å²) in [5.74, 6) is -2.27. The van der Waals surface area contributed by atoms with Crippen LogP contribution in [0.2, 0.25) is 0 Å². The van der Waals surface area contributed by atoms with Gasteiger partial charge in [-0.2, -0.15) is 5.11 Å². The van der Waals surface area contributed by atoms with Crippen molar-refractivity contribution < 1.29 is 144 Å². The Morgan fingerprint density at radius 1 is 0.487 bits per heavy atom. The second kappa shape index (κ2) is 60.0. The van der Waals surface area contributed by atoms with Crippen molar-refractivity contribution in [1.29, 1.82) is 5.53 Å². The molecular formula is C79H127FN8O29. The molecule has 0 unspecified atom stereocenters. The van der Waals surface area contributed by atoms with Crippen LogP contribution in [0.3, 0.4) is 0 Å². The number of benzene rings is 2. The molecule has 2 aromatic carbocycles. The van der Waals surface area contributed by atoms with E-state index in [1.165, 1.54) is 18.3 Å². The Bertz CT molecular complexity index is 3170. The molecule has 0 radical (unpaired) electrons. The number of ether oxygens (including phenoxy) is 19. The molecule has 4 heterocycles. The van der Waals surface area contributed by atoms with Crippen LogP contribution in [0.15, 0.2) is 59.8 Å². The Hall–Kier alpha value is -6.52. The van der Waals surface area contributed by atoms with Crippen molar-refractivity contribution in [3.05, 3.63) is 66.2 Å². The van der Waals surface area contributed by atoms with Crippen molar-refractivity contribution in [3.63, 3.8) is 0 Å². The number of amides is 4. The third kappa shape index (κ3) is 43.0. The highest BCUT2D eigenvalue weighted by Gasteiger charge is 2.37. The SMILES string of the molecule is C[C@H]1C[C@@H](O)[C@@H](O)[C@@H](COCCOCCOCCOCCNC(=O)CCOCC(COCCC(=O)NCCOCCOCCOCCOC[C@H]2O[C@@H](C)C[C@@H](O)[C@H]2O)(COCCC(=O)NCCOCCOCCOCCOC[C@H]2O[C@@H](C)CC[C@H]2O)NC(=O)CCCOc2ccc3nc(/C(=C/Nc4ccc(O)c(F)c4)N=N)ccc3c2)O1. The van der Waals surface area contributed by atoms with Gasteiger partial charge in [0.25, 0.3) is 0 Å². The van der Waals surface area contributed by atoms with Crippen LogP contribution in [0.1, 0.15) is 84.3 Å². The predicted octanol–water partition coefficient (Wildman–Crippen LogP) is 2.03. The van der Waals surface area contributed by atoms with Gasteiger partial charge in [0.15, 0.2) is 11.6 Å². The lowest BCUT2D eigenvalue weighted by molar-refractivity contribution is -0.181. The van der Waals surface area contributed by atoms with Crippen LogP contribution in [0.4, 0.5) is 10.1 Å². The smallest absolute Gasteiger partial charge is 0.222 e. The van der Waals surface area contributed by atoms with E-state index in [4.69, 9.17) is 95.5 Å². The summed E-state index contributed by atoms with van der Waals surface area (Å²) in [5, 5.41) is 78.5. The molecule has 11 atom stereocenters. The molecule has 0 spiro atoms. The Morgan fingerprint density at radius 2 is 0.915 bits per heavy atom. The van der Waals surface area contributed by atoms with E-state index in [9.17, 15) is 54.2 Å². The van der Waals surface area contributed by atoms with Gasteiger partial charge in [0, 0.05) is 81.5 Å². The van der Waals surface area contributed by atoms with Gasteiger partial charge >= 0.3 is 0 Å². The number of pyridine rings is 1. The van der Waals surface area contributed by atoms with Crippen LogP contribution in [0, 0.1) is 11.3 Å². The number of nitrogens with zero attached hydrogens (tertiary/aromatic N) is 2. The summed E-state index contributed by atoms with van der Waals surface area (Å²) in [6.45, 7) is 12.1. The highest BCUT2D eigenvalue weighted by atomic mass is 19.1. The van der Waals surface area contributed by atoms with Crippen molar-refractivity contribution in [2.24, 2.45) is 5.11 Å². The molecule has 6 rings (SSSR count). The van der Waals surface area contributed by atoms with Crippen LogP contribution < -0.4 is 31.3 Å². The minimum absolute atomic E-state index is 0.0417. The molecule has 0 aliphatic carbocycles. The lowest BCUT2D eigenvalue weighted by atomic mass is 9.99. The van der Waals surface area contributed by atoms with Gasteiger partial charge in [0.05, 0.1) is 253 Å². The standard InChI is InChI=1S/C79H127FN8O29/c1-56-6-12-67(90)70(115-56)50-108-42-39-105-36-33-102-30-27-99-24-17-82-73(93)14-21-111-53-79(54-112-22-15-74(94)83-18-25-100-28-31-103-34-37-106-40-43-109-51-71-77(97)68(91)45-57(2)116-71,55-113-23-16-75(95)84-19-26-101-29-32-104-35-38-107-41-44-110-52-72-78(98)69(92)46-58(3)117-72)87-76(96)5-4-20-114-61-9-11-63-59(47-61)7-10-64(86-63)65(88-81)49-85-60-8-13-66(89)62(80)48-60/h7-11,13,47-49,56-58,67-72,77-78,81,85,89-92,97-98H,4-6,12,14-46,50-55H2,1-3H3,(H,82,93)(H,83,94)(H,84,95)(H,87,96)/b65-49-,88-81?/t56-,57-,58-,67+,68+,69+,70+,71+,72+,77+,78+/m0/s1. The largest absolute Gasteiger partial charge is 0.505 e. The topological polar surface area (TPSA) is 474 Å². The minimum atomic E-state index is -1.43. The van der Waals surface area contributed by atoms with E-state index >= 15 is 0 Å². The summed E-state index contributed by atoms with van der Waals surface area (Å²) in [5.41, 5.74) is 7.72. The molecule has 3 aliphatic rings. The van der Waals surface area contributed by atoms with Gasteiger partial charge in [0.2, 0.25) is 23.6 Å². The number of nitrogens with one attached hydrogen (secondary N) is 6. The second-order valence-electron chi connectivity index (χ2n) is 28.2. The fraction of sp³-hybridized carbons (Fsp3) is 0.734. The maximum Gasteiger partial charge on any atom is 0.222 e. The number of hydrogen-bond acceptors (Lipinski definition) is 33. The number of anilines is 1. The van der Waals surface area contributed by atoms with Crippen molar-refractivity contribution in [2.45, 2.75) is 151 Å². The number of halogens is 1. The maximum atomic E-state index is 14.1. The Labute approximate surface area is 683 Å². The van der Waals surface area contributed by atoms with Crippen molar-refractivity contribution in [1.82, 2.24) is 26.3 Å². The van der Waals surface area contributed by atoms with E-state index in [-0.39, 0.29) is 225 Å². The summed E-state index contributed by atoms with van der Waals surface area (Å²) in [6.07, 6.45) is -2.50. The van der Waals surface area contributed by atoms with Gasteiger partial charge in [-0.1, -0.05) is 6.07 Å². The Morgan fingerprint density at radius 3 is 1.36 bits per heavy atom. The van der Waals surface area contributed by atoms with E-state index in [0.717, 1.165) is 12.5 Å². The molecule has 3 saturated heterocycles. The molecule has 37 nitrogen and oxygen atoms in total. The van der Waals surface area contributed by atoms with E-state index in [0.29, 0.717) is 127 Å². The average molecular weight is 1670 g/mol. The number of aromatic hydroxyl groups is 1. The number of rotatable bonds is 67. The summed E-state index contributed by atoms with van der Waals surface area (Å²) < 4.78 is 123. The van der Waals surface area contributed by atoms with Gasteiger partial charge in [-0.25, -0.2) is 14.9 Å². The van der Waals surface area contributed by atoms with Crippen molar-refractivity contribution >= 4 is 45.9 Å². The van der Waals surface area contributed by atoms with Crippen LogP contribution >= 0.6 is 0 Å². The monoisotopic (exact) mass is 1670 g/mol. The number of hydrogen-bond donors (Lipinski definition) is 12. The lowest BCUT2D eigenvalue weighted by Gasteiger charge is -2.35. The Balaban J connectivity index is 0.949. The zero-order valence-corrected chi connectivity index (χ0v) is 67.8. The number of aromatic nitrogens is 1. The van der Waals surface area contributed by atoms with Gasteiger partial charge in [-0.15, -0.1) is 0 Å². The van der Waals surface area contributed by atoms with Gasteiger partial charge in [0.1, 0.15) is 47.5 Å². The molecule has 1 aromatic heterocycles. The number of fused-ring (bicyclic) bond motifs is 1. The Kier molecular flexibility index (Phi) is 51.0. The zero-order chi connectivity index (χ0) is 83.9. The molecule has 0 bridgehead atoms. The maximum absolute atomic E-state index is 14.1. The number of carbonyl (C=O) groups is 4. The molecule has 12 N–H and O–H groups in total. The number of aliphatic hydroxyl groups is 5. The van der Waals surface area contributed by atoms with Crippen LogP contribution in [0.5, 0.6) is 11.5 Å². The second-order valence-corrected chi connectivity index (χ2v) is 28.2. The summed E-state index contributed by atoms with van der Waals surface area (Å²) in [7, 11) is 0. The first-order valence-electron chi connectivity index (χ1n) is 40.3. The van der Waals surface area contributed by atoms with Crippen LogP contribution in [0.25, 0.3) is 16.6 Å². The van der Waals surface area contributed by atoms with Gasteiger partial charge in [-0.3, -0.25) is 19.2 Å². The number of aliphatic hydroxyl groups excluding tert-OH is 5. The lowest BCUT2D eigenvalue weighted by Crippen LogP contribution is -2.58. The molecule has 3 aromatic rings. The molecule has 3 aliphatic heterocycles. The summed E-state index contributed by atoms with van der Waals surface area (Å²) in [4.78, 5) is 57.9. The molecule has 4 amide bonds. The first-order valence-corrected chi connectivity index (χ1v) is 40.3. The van der Waals surface area contributed by atoms with E-state index < -0.39 is 65.7 Å². The highest BCUT2D eigenvalue weighted by molar-refractivity contribution is 5.83. The molecule has 0 saturated carbocycles. The zero-order valence-electron chi connectivity index (χ0n) is 67.8. The number of carbonyl (C=O) groups excluding carboxylic acids is 4. The van der Waals surface area contributed by atoms with Crippen molar-refractivity contribution in [2.75, 3.05) is 230 Å². The van der Waals surface area contributed by atoms with Gasteiger partial charge < -0.3 is 147 Å². The number of phenolic OH excluding ortho intramolecular Hbond substituents is 1. The highest BCUT2D eigenvalue weighted by Crippen LogP contribution is 2.27. The first kappa shape index (κ1) is 99.3. The fourth-order valence-corrected chi connectivity index (χ4v) is 12.0. The summed E-state index contributed by atoms with van der Waals surface area (Å²) >= 11 is 0. The van der Waals surface area contributed by atoms with E-state index in [2.05, 4.69) is 36.7 Å². The van der Waals surface area contributed by atoms with Crippen LogP contribution in [-0.2, 0) is 104 Å². The molecule has 664 valence electrons. The predicted molar refractivity (Wildman–Crippen MR) is 419 cm³/mol. The third-order valence-corrected chi connectivity index (χ3v) is 18.3. The molecule has 117 heavy (non-hydrogen) atoms. The molecule has 3 fully saturated rings. The fourth-order valence-electron chi connectivity index (χ4n) is 12.0. The molecular weight excluding hydrogens is 1540 g/mol. The minimum Gasteiger partial charge on any atom is -0.505 e. The third-order valence-electron chi connectivity index (χ3n) is 18.3. The van der Waals surface area contributed by atoms with E-state index in [1.807, 2.05) is 20.8 Å². The molecule has 38 heteroatoms. The van der Waals surface area contributed by atoms with Crippen molar-refractivity contribution in [3.8, 4) is 11.5 Å². The quantitative estimate of drug-likeness (QED) is 0.0218. The normalized spacial score (nSPS) is 21.1. The number of phenols is 1. The average Bonchev–Trinajstić information content (AvgIpc) is 0.847. The first-order chi connectivity index (χ1) is 56.8. The van der Waals surface area contributed by atoms with E-state index in [1.54, 1.807) is 30.3 Å². The van der Waals surface area contributed by atoms with Gasteiger partial charge in [-0.05, 0) is 76.4 Å².